The van der Waals surface area contributed by atoms with Gasteiger partial charge in [-0.1, -0.05) is 0 Å². The van der Waals surface area contributed by atoms with Crippen molar-refractivity contribution in [3.05, 3.63) is 18.0 Å². The van der Waals surface area contributed by atoms with E-state index < -0.39 is 0 Å². The van der Waals surface area contributed by atoms with Crippen molar-refractivity contribution in [2.45, 2.75) is 26.3 Å². The van der Waals surface area contributed by atoms with Crippen LogP contribution < -0.4 is 0 Å². The third kappa shape index (κ3) is 2.72. The second kappa shape index (κ2) is 4.13. The Bertz CT molecular complexity index is 208. The van der Waals surface area contributed by atoms with Crippen LogP contribution in [0, 0.1) is 6.92 Å². The maximum Gasteiger partial charge on any atom is 0.0518 e. The molecule has 0 atom stereocenters. The molecule has 0 aliphatic carbocycles. The molecule has 1 aromatic rings. The molecular formula is C8H14N2O. The van der Waals surface area contributed by atoms with Crippen LogP contribution in [0.15, 0.2) is 12.4 Å². The molecule has 0 aromatic carbocycles. The van der Waals surface area contributed by atoms with E-state index in [1.807, 2.05) is 24.0 Å². The molecule has 0 aliphatic heterocycles. The van der Waals surface area contributed by atoms with Crippen LogP contribution in [0.2, 0.25) is 0 Å². The van der Waals surface area contributed by atoms with Crippen molar-refractivity contribution in [2.24, 2.45) is 0 Å². The molecule has 0 amide bonds. The van der Waals surface area contributed by atoms with E-state index in [9.17, 15) is 0 Å². The molecule has 0 saturated carbocycles. The Morgan fingerprint density at radius 3 is 2.91 bits per heavy atom. The lowest BCUT2D eigenvalue weighted by atomic mass is 10.3. The number of rotatable bonds is 4. The molecular weight excluding hydrogens is 140 g/mol. The number of aryl methyl sites for hydroxylation is 2. The van der Waals surface area contributed by atoms with Gasteiger partial charge in [0.1, 0.15) is 0 Å². The Kier molecular flexibility index (Phi) is 3.11. The van der Waals surface area contributed by atoms with Crippen LogP contribution in [0.25, 0.3) is 0 Å². The average molecular weight is 154 g/mol. The molecule has 11 heavy (non-hydrogen) atoms. The molecule has 3 heteroatoms. The van der Waals surface area contributed by atoms with Crippen molar-refractivity contribution in [1.29, 1.82) is 0 Å². The lowest BCUT2D eigenvalue weighted by Gasteiger charge is -1.97. The topological polar surface area (TPSA) is 38.0 Å². The van der Waals surface area contributed by atoms with Crippen LogP contribution in [0.3, 0.4) is 0 Å². The summed E-state index contributed by atoms with van der Waals surface area (Å²) >= 11 is 0. The Balaban J connectivity index is 2.27. The molecule has 1 aromatic heterocycles. The molecule has 0 fully saturated rings. The van der Waals surface area contributed by atoms with Crippen LogP contribution in [0.1, 0.15) is 18.4 Å². The number of aliphatic hydroxyl groups excluding tert-OH is 1. The quantitative estimate of drug-likeness (QED) is 0.656. The lowest BCUT2D eigenvalue weighted by molar-refractivity contribution is 0.280. The van der Waals surface area contributed by atoms with Gasteiger partial charge < -0.3 is 5.11 Å². The predicted molar refractivity (Wildman–Crippen MR) is 43.3 cm³/mol. The predicted octanol–water partition coefficient (Wildman–Crippen LogP) is 0.964. The van der Waals surface area contributed by atoms with Crippen LogP contribution in [0.5, 0.6) is 0 Å². The Morgan fingerprint density at radius 2 is 2.36 bits per heavy atom. The van der Waals surface area contributed by atoms with Gasteiger partial charge in [-0.2, -0.15) is 5.10 Å². The van der Waals surface area contributed by atoms with E-state index in [-0.39, 0.29) is 6.61 Å². The average Bonchev–Trinajstić information content (AvgIpc) is 2.37. The van der Waals surface area contributed by atoms with Gasteiger partial charge in [-0.25, -0.2) is 0 Å². The van der Waals surface area contributed by atoms with E-state index >= 15 is 0 Å². The van der Waals surface area contributed by atoms with Crippen molar-refractivity contribution in [2.75, 3.05) is 6.61 Å². The highest BCUT2D eigenvalue weighted by Crippen LogP contribution is 1.97. The van der Waals surface area contributed by atoms with Gasteiger partial charge in [0.2, 0.25) is 0 Å². The number of hydrogen-bond acceptors (Lipinski definition) is 2. The van der Waals surface area contributed by atoms with Crippen LogP contribution in [-0.4, -0.2) is 21.5 Å². The molecule has 0 spiro atoms. The Morgan fingerprint density at radius 1 is 1.55 bits per heavy atom. The van der Waals surface area contributed by atoms with E-state index in [1.54, 1.807) is 0 Å². The van der Waals surface area contributed by atoms with E-state index in [4.69, 9.17) is 5.11 Å². The molecule has 0 unspecified atom stereocenters. The number of hydrogen-bond donors (Lipinski definition) is 1. The highest BCUT2D eigenvalue weighted by molar-refractivity contribution is 4.99. The van der Waals surface area contributed by atoms with Gasteiger partial charge in [0.05, 0.1) is 6.20 Å². The first-order valence-corrected chi connectivity index (χ1v) is 3.93. The van der Waals surface area contributed by atoms with Gasteiger partial charge in [-0.15, -0.1) is 0 Å². The van der Waals surface area contributed by atoms with Gasteiger partial charge >= 0.3 is 0 Å². The largest absolute Gasteiger partial charge is 0.396 e. The summed E-state index contributed by atoms with van der Waals surface area (Å²) in [6.45, 7) is 3.21. The maximum atomic E-state index is 8.52. The monoisotopic (exact) mass is 154 g/mol. The van der Waals surface area contributed by atoms with Gasteiger partial charge in [-0.05, 0) is 25.3 Å². The standard InChI is InChI=1S/C8H14N2O/c1-8-6-9-10(7-8)4-2-3-5-11/h6-7,11H,2-5H2,1H3. The summed E-state index contributed by atoms with van der Waals surface area (Å²) in [6, 6.07) is 0. The first-order chi connectivity index (χ1) is 5.33. The van der Waals surface area contributed by atoms with Crippen molar-refractivity contribution in [3.8, 4) is 0 Å². The first-order valence-electron chi connectivity index (χ1n) is 3.93. The van der Waals surface area contributed by atoms with Crippen molar-refractivity contribution < 1.29 is 5.11 Å². The summed E-state index contributed by atoms with van der Waals surface area (Å²) in [5.41, 5.74) is 1.19. The van der Waals surface area contributed by atoms with Crippen LogP contribution >= 0.6 is 0 Å². The van der Waals surface area contributed by atoms with E-state index in [1.165, 1.54) is 5.56 Å². The minimum Gasteiger partial charge on any atom is -0.396 e. The molecule has 1 N–H and O–H groups in total. The zero-order valence-corrected chi connectivity index (χ0v) is 6.82. The minimum atomic E-state index is 0.278. The van der Waals surface area contributed by atoms with Gasteiger partial charge in [0.25, 0.3) is 0 Å². The Hall–Kier alpha value is -0.830. The first kappa shape index (κ1) is 8.27. The summed E-state index contributed by atoms with van der Waals surface area (Å²) < 4.78 is 1.91. The molecule has 1 rings (SSSR count). The fourth-order valence-electron chi connectivity index (χ4n) is 0.975. The molecule has 3 nitrogen and oxygen atoms in total. The molecule has 62 valence electrons. The highest BCUT2D eigenvalue weighted by Gasteiger charge is 1.92. The smallest absolute Gasteiger partial charge is 0.0518 e. The van der Waals surface area contributed by atoms with Gasteiger partial charge in [0.15, 0.2) is 0 Å². The second-order valence-corrected chi connectivity index (χ2v) is 2.71. The maximum absolute atomic E-state index is 8.52. The van der Waals surface area contributed by atoms with Crippen molar-refractivity contribution in [1.82, 2.24) is 9.78 Å². The minimum absolute atomic E-state index is 0.278. The summed E-state index contributed by atoms with van der Waals surface area (Å²) in [5.74, 6) is 0. The van der Waals surface area contributed by atoms with Crippen molar-refractivity contribution in [3.63, 3.8) is 0 Å². The normalized spacial score (nSPS) is 10.4. The number of unbranched alkanes of at least 4 members (excludes halogenated alkanes) is 1. The zero-order valence-electron chi connectivity index (χ0n) is 6.82. The SMILES string of the molecule is Cc1cnn(CCCCO)c1. The number of aromatic nitrogens is 2. The lowest BCUT2D eigenvalue weighted by Crippen LogP contribution is -1.98. The summed E-state index contributed by atoms with van der Waals surface area (Å²) in [4.78, 5) is 0. The number of aliphatic hydroxyl groups is 1. The second-order valence-electron chi connectivity index (χ2n) is 2.71. The molecule has 0 bridgehead atoms. The Labute approximate surface area is 66.7 Å². The molecule has 0 radical (unpaired) electrons. The fraction of sp³-hybridized carbons (Fsp3) is 0.625. The third-order valence-corrected chi connectivity index (χ3v) is 1.56. The fourth-order valence-corrected chi connectivity index (χ4v) is 0.975. The van der Waals surface area contributed by atoms with E-state index in [0.29, 0.717) is 0 Å². The number of nitrogens with zero attached hydrogens (tertiary/aromatic N) is 2. The van der Waals surface area contributed by atoms with E-state index in [2.05, 4.69) is 5.10 Å². The van der Waals surface area contributed by atoms with Crippen LogP contribution in [0.4, 0.5) is 0 Å². The summed E-state index contributed by atoms with van der Waals surface area (Å²) in [5, 5.41) is 12.6. The third-order valence-electron chi connectivity index (χ3n) is 1.56. The molecule has 1 heterocycles. The van der Waals surface area contributed by atoms with Crippen LogP contribution in [-0.2, 0) is 6.54 Å². The van der Waals surface area contributed by atoms with Crippen molar-refractivity contribution >= 4 is 0 Å². The van der Waals surface area contributed by atoms with Gasteiger partial charge in [-0.3, -0.25) is 4.68 Å². The van der Waals surface area contributed by atoms with E-state index in [0.717, 1.165) is 19.4 Å². The molecule has 0 saturated heterocycles. The summed E-state index contributed by atoms with van der Waals surface area (Å²) in [7, 11) is 0. The molecule has 0 aliphatic rings. The van der Waals surface area contributed by atoms with Gasteiger partial charge in [0, 0.05) is 19.3 Å². The summed E-state index contributed by atoms with van der Waals surface area (Å²) in [6.07, 6.45) is 5.72. The highest BCUT2D eigenvalue weighted by atomic mass is 16.2. The zero-order chi connectivity index (χ0) is 8.10.